The van der Waals surface area contributed by atoms with Crippen molar-refractivity contribution in [3.63, 3.8) is 0 Å². The summed E-state index contributed by atoms with van der Waals surface area (Å²) in [4.78, 5) is 0. The Labute approximate surface area is 100 Å². The van der Waals surface area contributed by atoms with Crippen LogP contribution in [0.1, 0.15) is 5.56 Å². The first-order valence-electron chi connectivity index (χ1n) is 3.83. The average Bonchev–Trinajstić information content (AvgIpc) is 2.77. The molecule has 0 aliphatic carbocycles. The Morgan fingerprint density at radius 1 is 1.23 bits per heavy atom. The van der Waals surface area contributed by atoms with Crippen LogP contribution in [0.25, 0.3) is 0 Å². The first kappa shape index (κ1) is 11.2. The van der Waals surface area contributed by atoms with Gasteiger partial charge in [-0.15, -0.1) is 0 Å². The van der Waals surface area contributed by atoms with Gasteiger partial charge in [0.05, 0.1) is 0 Å². The van der Waals surface area contributed by atoms with Gasteiger partial charge in [0, 0.05) is 25.9 Å². The predicted molar refractivity (Wildman–Crippen MR) is 49.4 cm³/mol. The van der Waals surface area contributed by atoms with E-state index in [9.17, 15) is 0 Å². The fraction of sp³-hybridized carbons (Fsp3) is 0.333. The summed E-state index contributed by atoms with van der Waals surface area (Å²) in [6.45, 7) is 0. The summed E-state index contributed by atoms with van der Waals surface area (Å²) >= 11 is 0. The van der Waals surface area contributed by atoms with E-state index in [1.807, 2.05) is 18.2 Å². The molecule has 64 valence electrons. The van der Waals surface area contributed by atoms with Gasteiger partial charge in [-0.1, -0.05) is 18.2 Å². The van der Waals surface area contributed by atoms with Crippen LogP contribution in [-0.2, 0) is 30.6 Å². The third kappa shape index (κ3) is 1.97. The van der Waals surface area contributed by atoms with E-state index in [-0.39, 0.29) is 43.1 Å². The number of ether oxygens (including phenoxy) is 2. The maximum atomic E-state index is 5.48. The Bertz CT molecular complexity index is 276. The molecule has 2 nitrogen and oxygen atoms in total. The second kappa shape index (κ2) is 4.11. The Morgan fingerprint density at radius 2 is 2.00 bits per heavy atom. The molecule has 0 aromatic heterocycles. The minimum Gasteiger partial charge on any atom is -0.462 e. The number of epoxide rings is 1. The van der Waals surface area contributed by atoms with Crippen LogP contribution >= 0.6 is 0 Å². The van der Waals surface area contributed by atoms with Gasteiger partial charge in [0.15, 0.2) is 17.4 Å². The van der Waals surface area contributed by atoms with Crippen LogP contribution in [0, 0.1) is 0 Å². The number of hydrogen-bond donors (Lipinski definition) is 0. The molecular formula is C9H11AlO2Zn. The topological polar surface area (TPSA) is 21.8 Å². The number of hydrogen-bond acceptors (Lipinski definition) is 2. The monoisotopic (exact) mass is 242 g/mol. The van der Waals surface area contributed by atoms with Crippen LogP contribution in [0.15, 0.2) is 24.3 Å². The molecule has 1 aromatic carbocycles. The average molecular weight is 244 g/mol. The molecular weight excluding hydrogens is 232 g/mol. The minimum absolute atomic E-state index is 0. The molecule has 0 radical (unpaired) electrons. The van der Waals surface area contributed by atoms with E-state index in [2.05, 4.69) is 6.07 Å². The molecule has 0 N–H and O–H groups in total. The van der Waals surface area contributed by atoms with Crippen molar-refractivity contribution in [1.29, 1.82) is 0 Å². The maximum absolute atomic E-state index is 5.48. The van der Waals surface area contributed by atoms with E-state index < -0.39 is 0 Å². The molecule has 0 amide bonds. The summed E-state index contributed by atoms with van der Waals surface area (Å²) in [5.74, 6) is 0.992. The molecule has 2 aliphatic heterocycles. The Balaban J connectivity index is 0.000000422. The first-order valence-corrected chi connectivity index (χ1v) is 3.83. The normalized spacial score (nSPS) is 26.8. The van der Waals surface area contributed by atoms with Crippen LogP contribution in [-0.4, -0.2) is 29.8 Å². The Morgan fingerprint density at radius 3 is 2.85 bits per heavy atom. The van der Waals surface area contributed by atoms with Gasteiger partial charge in [0.2, 0.25) is 6.29 Å². The minimum atomic E-state index is 0. The zero-order chi connectivity index (χ0) is 7.26. The zero-order valence-corrected chi connectivity index (χ0v) is 9.66. The number of para-hydroxylation sites is 1. The molecule has 3 rings (SSSR count). The summed E-state index contributed by atoms with van der Waals surface area (Å²) in [7, 11) is 0. The molecule has 1 fully saturated rings. The number of rotatable bonds is 0. The molecule has 1 saturated heterocycles. The first-order chi connectivity index (χ1) is 5.43. The van der Waals surface area contributed by atoms with Gasteiger partial charge in [-0.05, 0) is 11.6 Å². The second-order valence-electron chi connectivity index (χ2n) is 2.97. The quantitative estimate of drug-likeness (QED) is 0.478. The van der Waals surface area contributed by atoms with Gasteiger partial charge in [0.25, 0.3) is 0 Å². The molecule has 2 aliphatic rings. The number of benzene rings is 1. The maximum Gasteiger partial charge on any atom is 0.227 e. The third-order valence-electron chi connectivity index (χ3n) is 2.17. The van der Waals surface area contributed by atoms with Crippen LogP contribution in [0.4, 0.5) is 0 Å². The standard InChI is InChI=1S/C9H8O2.Al.Zn.3H/c1-2-4-7-6(3-1)5-8-9(10-7)11-8;;;;;/h1-4,8-9H,5H2;;;;;. The van der Waals surface area contributed by atoms with E-state index in [4.69, 9.17) is 9.47 Å². The molecule has 0 bridgehead atoms. The SMILES string of the molecule is [AlH3].[Zn].c1ccc2c(c1)CC1OC1O2. The molecule has 0 spiro atoms. The largest absolute Gasteiger partial charge is 0.462 e. The van der Waals surface area contributed by atoms with Gasteiger partial charge >= 0.3 is 0 Å². The van der Waals surface area contributed by atoms with E-state index in [1.54, 1.807) is 0 Å². The smallest absolute Gasteiger partial charge is 0.227 e. The molecule has 2 heterocycles. The summed E-state index contributed by atoms with van der Waals surface area (Å²) in [5, 5.41) is 0. The van der Waals surface area contributed by atoms with E-state index >= 15 is 0 Å². The van der Waals surface area contributed by atoms with Crippen LogP contribution in [0.2, 0.25) is 0 Å². The van der Waals surface area contributed by atoms with Gasteiger partial charge in [-0.2, -0.15) is 0 Å². The summed E-state index contributed by atoms with van der Waals surface area (Å²) in [5.41, 5.74) is 1.27. The van der Waals surface area contributed by atoms with Crippen molar-refractivity contribution in [1.82, 2.24) is 0 Å². The van der Waals surface area contributed by atoms with Crippen LogP contribution in [0.3, 0.4) is 0 Å². The van der Waals surface area contributed by atoms with Crippen LogP contribution in [0.5, 0.6) is 5.75 Å². The Hall–Kier alpha value is 0.136. The van der Waals surface area contributed by atoms with Gasteiger partial charge < -0.3 is 9.47 Å². The van der Waals surface area contributed by atoms with Crippen molar-refractivity contribution in [3.05, 3.63) is 29.8 Å². The fourth-order valence-corrected chi connectivity index (χ4v) is 1.50. The fourth-order valence-electron chi connectivity index (χ4n) is 1.50. The van der Waals surface area contributed by atoms with Gasteiger partial charge in [0.1, 0.15) is 11.9 Å². The van der Waals surface area contributed by atoms with Gasteiger partial charge in [-0.25, -0.2) is 0 Å². The summed E-state index contributed by atoms with van der Waals surface area (Å²) in [6.07, 6.45) is 1.41. The van der Waals surface area contributed by atoms with Crippen LogP contribution < -0.4 is 4.74 Å². The van der Waals surface area contributed by atoms with E-state index in [0.29, 0.717) is 6.10 Å². The molecule has 2 atom stereocenters. The van der Waals surface area contributed by atoms with Crippen molar-refractivity contribution >= 4 is 17.4 Å². The molecule has 4 heteroatoms. The van der Waals surface area contributed by atoms with Crippen molar-refractivity contribution in [2.75, 3.05) is 0 Å². The third-order valence-corrected chi connectivity index (χ3v) is 2.17. The zero-order valence-electron chi connectivity index (χ0n) is 6.69. The Kier molecular flexibility index (Phi) is 3.54. The van der Waals surface area contributed by atoms with E-state index in [1.165, 1.54) is 5.56 Å². The van der Waals surface area contributed by atoms with Crippen molar-refractivity contribution in [2.45, 2.75) is 18.8 Å². The molecule has 0 saturated carbocycles. The molecule has 1 aromatic rings. The van der Waals surface area contributed by atoms with Crippen molar-refractivity contribution < 1.29 is 29.0 Å². The predicted octanol–water partition coefficient (Wildman–Crippen LogP) is 0.160. The summed E-state index contributed by atoms with van der Waals surface area (Å²) < 4.78 is 10.7. The van der Waals surface area contributed by atoms with Crippen molar-refractivity contribution in [2.24, 2.45) is 0 Å². The molecule has 13 heavy (non-hydrogen) atoms. The number of fused-ring (bicyclic) bond motifs is 2. The molecule has 2 unspecified atom stereocenters. The summed E-state index contributed by atoms with van der Waals surface area (Å²) in [6, 6.07) is 8.10. The van der Waals surface area contributed by atoms with Crippen molar-refractivity contribution in [3.8, 4) is 5.75 Å². The van der Waals surface area contributed by atoms with Gasteiger partial charge in [-0.3, -0.25) is 0 Å². The second-order valence-corrected chi connectivity index (χ2v) is 2.97. The van der Waals surface area contributed by atoms with E-state index in [0.717, 1.165) is 12.2 Å².